The Morgan fingerprint density at radius 1 is 1.12 bits per heavy atom. The largest absolute Gasteiger partial charge is 0.451 e. The number of aryl methyl sites for hydroxylation is 1. The maximum Gasteiger partial charge on any atom is 0.349 e. The van der Waals surface area contributed by atoms with Crippen LogP contribution < -0.4 is 10.6 Å². The molecule has 128 valence electrons. The van der Waals surface area contributed by atoms with Crippen molar-refractivity contribution < 1.29 is 19.1 Å². The molecule has 2 N–H and O–H groups in total. The van der Waals surface area contributed by atoms with Crippen LogP contribution in [0.5, 0.6) is 0 Å². The monoisotopic (exact) mass is 348 g/mol. The SMILES string of the molecule is CCCNC(=O)CNC(=O)COC(=O)c1sc2ccccc2c1C. The fourth-order valence-electron chi connectivity index (χ4n) is 2.12. The average molecular weight is 348 g/mol. The third-order valence-corrected chi connectivity index (χ3v) is 4.63. The number of carbonyl (C=O) groups excluding carboxylic acids is 3. The zero-order valence-electron chi connectivity index (χ0n) is 13.7. The van der Waals surface area contributed by atoms with E-state index in [4.69, 9.17) is 4.74 Å². The molecule has 24 heavy (non-hydrogen) atoms. The zero-order chi connectivity index (χ0) is 17.5. The first kappa shape index (κ1) is 17.9. The van der Waals surface area contributed by atoms with Crippen molar-refractivity contribution in [3.8, 4) is 0 Å². The summed E-state index contributed by atoms with van der Waals surface area (Å²) in [5.74, 6) is -1.30. The van der Waals surface area contributed by atoms with Gasteiger partial charge in [-0.15, -0.1) is 11.3 Å². The predicted octanol–water partition coefficient (Wildman–Crippen LogP) is 2.01. The molecule has 0 aliphatic carbocycles. The standard InChI is InChI=1S/C17H20N2O4S/c1-3-8-18-14(20)9-19-15(21)10-23-17(22)16-11(2)12-6-4-5-7-13(12)24-16/h4-7H,3,8-10H2,1-2H3,(H,18,20)(H,19,21). The molecule has 1 heterocycles. The number of hydrogen-bond acceptors (Lipinski definition) is 5. The van der Waals surface area contributed by atoms with Crippen LogP contribution in [0.1, 0.15) is 28.6 Å². The molecule has 0 unspecified atom stereocenters. The number of fused-ring (bicyclic) bond motifs is 1. The highest BCUT2D eigenvalue weighted by Gasteiger charge is 2.17. The summed E-state index contributed by atoms with van der Waals surface area (Å²) in [7, 11) is 0. The average Bonchev–Trinajstić information content (AvgIpc) is 2.93. The first-order chi connectivity index (χ1) is 11.5. The minimum atomic E-state index is -0.528. The molecule has 2 aromatic rings. The minimum Gasteiger partial charge on any atom is -0.451 e. The lowest BCUT2D eigenvalue weighted by molar-refractivity contribution is -0.127. The van der Waals surface area contributed by atoms with Crippen molar-refractivity contribution in [2.24, 2.45) is 0 Å². The highest BCUT2D eigenvalue weighted by Crippen LogP contribution is 2.30. The summed E-state index contributed by atoms with van der Waals surface area (Å²) in [4.78, 5) is 35.7. The number of esters is 1. The molecule has 2 rings (SSSR count). The number of thiophene rings is 1. The fraction of sp³-hybridized carbons (Fsp3) is 0.353. The Kier molecular flexibility index (Phi) is 6.31. The van der Waals surface area contributed by atoms with Crippen molar-refractivity contribution >= 4 is 39.2 Å². The van der Waals surface area contributed by atoms with Crippen LogP contribution in [-0.2, 0) is 14.3 Å². The number of benzene rings is 1. The summed E-state index contributed by atoms with van der Waals surface area (Å²) >= 11 is 1.34. The highest BCUT2D eigenvalue weighted by atomic mass is 32.1. The summed E-state index contributed by atoms with van der Waals surface area (Å²) in [5.41, 5.74) is 0.847. The van der Waals surface area contributed by atoms with E-state index in [1.807, 2.05) is 38.1 Å². The van der Waals surface area contributed by atoms with Gasteiger partial charge < -0.3 is 15.4 Å². The molecule has 0 aliphatic heterocycles. The van der Waals surface area contributed by atoms with Crippen molar-refractivity contribution in [1.29, 1.82) is 0 Å². The third-order valence-electron chi connectivity index (χ3n) is 3.38. The molecule has 0 saturated carbocycles. The van der Waals surface area contributed by atoms with Gasteiger partial charge in [-0.1, -0.05) is 25.1 Å². The van der Waals surface area contributed by atoms with E-state index in [-0.39, 0.29) is 12.5 Å². The number of hydrogen-bond donors (Lipinski definition) is 2. The smallest absolute Gasteiger partial charge is 0.349 e. The molecule has 0 aliphatic rings. The summed E-state index contributed by atoms with van der Waals surface area (Å²) in [5, 5.41) is 6.06. The lowest BCUT2D eigenvalue weighted by Gasteiger charge is -2.06. The Morgan fingerprint density at radius 2 is 1.88 bits per heavy atom. The molecule has 0 saturated heterocycles. The van der Waals surface area contributed by atoms with Gasteiger partial charge in [-0.2, -0.15) is 0 Å². The van der Waals surface area contributed by atoms with Crippen molar-refractivity contribution in [2.45, 2.75) is 20.3 Å². The van der Waals surface area contributed by atoms with Crippen molar-refractivity contribution in [3.05, 3.63) is 34.7 Å². The van der Waals surface area contributed by atoms with Gasteiger partial charge in [0.1, 0.15) is 4.88 Å². The summed E-state index contributed by atoms with van der Waals surface area (Å²) in [6.45, 7) is 3.82. The second-order valence-electron chi connectivity index (χ2n) is 5.26. The Morgan fingerprint density at radius 3 is 2.58 bits per heavy atom. The maximum absolute atomic E-state index is 12.1. The molecule has 6 nitrogen and oxygen atoms in total. The quantitative estimate of drug-likeness (QED) is 0.750. The minimum absolute atomic E-state index is 0.127. The van der Waals surface area contributed by atoms with E-state index in [1.54, 1.807) is 0 Å². The number of ether oxygens (including phenoxy) is 1. The van der Waals surface area contributed by atoms with Crippen LogP contribution in [0.25, 0.3) is 10.1 Å². The van der Waals surface area contributed by atoms with E-state index in [0.29, 0.717) is 11.4 Å². The molecular weight excluding hydrogens is 328 g/mol. The summed E-state index contributed by atoms with van der Waals surface area (Å²) in [6.07, 6.45) is 0.825. The summed E-state index contributed by atoms with van der Waals surface area (Å²) in [6, 6.07) is 7.70. The molecular formula is C17H20N2O4S. The van der Waals surface area contributed by atoms with E-state index in [1.165, 1.54) is 11.3 Å². The first-order valence-electron chi connectivity index (χ1n) is 7.71. The van der Waals surface area contributed by atoms with Crippen molar-refractivity contribution in [3.63, 3.8) is 0 Å². The molecule has 1 aromatic carbocycles. The van der Waals surface area contributed by atoms with Crippen molar-refractivity contribution in [2.75, 3.05) is 19.7 Å². The van der Waals surface area contributed by atoms with Crippen LogP contribution in [0.2, 0.25) is 0 Å². The zero-order valence-corrected chi connectivity index (χ0v) is 14.5. The van der Waals surface area contributed by atoms with Crippen molar-refractivity contribution in [1.82, 2.24) is 10.6 Å². The number of rotatable bonds is 7. The van der Waals surface area contributed by atoms with Gasteiger partial charge in [0, 0.05) is 11.2 Å². The highest BCUT2D eigenvalue weighted by molar-refractivity contribution is 7.21. The van der Waals surface area contributed by atoms with Gasteiger partial charge in [0.25, 0.3) is 5.91 Å². The van der Waals surface area contributed by atoms with Crippen LogP contribution in [0, 0.1) is 6.92 Å². The Balaban J connectivity index is 1.85. The normalized spacial score (nSPS) is 10.4. The van der Waals surface area contributed by atoms with Crippen LogP contribution in [-0.4, -0.2) is 37.5 Å². The van der Waals surface area contributed by atoms with Gasteiger partial charge in [0.2, 0.25) is 5.91 Å². The number of carbonyl (C=O) groups is 3. The third kappa shape index (κ3) is 4.55. The molecule has 0 atom stereocenters. The second kappa shape index (κ2) is 8.44. The first-order valence-corrected chi connectivity index (χ1v) is 8.53. The molecule has 1 aromatic heterocycles. The van der Waals surface area contributed by atoms with Gasteiger partial charge in [0.05, 0.1) is 6.54 Å². The lowest BCUT2D eigenvalue weighted by atomic mass is 10.1. The van der Waals surface area contributed by atoms with E-state index in [0.717, 1.165) is 22.1 Å². The van der Waals surface area contributed by atoms with Gasteiger partial charge >= 0.3 is 5.97 Å². The maximum atomic E-state index is 12.1. The molecule has 0 bridgehead atoms. The second-order valence-corrected chi connectivity index (χ2v) is 6.31. The van der Waals surface area contributed by atoms with Crippen LogP contribution in [0.4, 0.5) is 0 Å². The predicted molar refractivity (Wildman–Crippen MR) is 93.2 cm³/mol. The van der Waals surface area contributed by atoms with Crippen LogP contribution in [0.3, 0.4) is 0 Å². The topological polar surface area (TPSA) is 84.5 Å². The van der Waals surface area contributed by atoms with E-state index in [2.05, 4.69) is 10.6 Å². The Bertz CT molecular complexity index is 754. The van der Waals surface area contributed by atoms with Gasteiger partial charge in [0.15, 0.2) is 6.61 Å². The number of nitrogens with one attached hydrogen (secondary N) is 2. The van der Waals surface area contributed by atoms with Gasteiger partial charge in [-0.3, -0.25) is 9.59 Å². The molecule has 2 amide bonds. The van der Waals surface area contributed by atoms with E-state index in [9.17, 15) is 14.4 Å². The number of amides is 2. The molecule has 0 fully saturated rings. The van der Waals surface area contributed by atoms with Crippen LogP contribution >= 0.6 is 11.3 Å². The van der Waals surface area contributed by atoms with Gasteiger partial charge in [-0.25, -0.2) is 4.79 Å². The molecule has 7 heteroatoms. The summed E-state index contributed by atoms with van der Waals surface area (Å²) < 4.78 is 6.04. The van der Waals surface area contributed by atoms with Gasteiger partial charge in [-0.05, 0) is 30.4 Å². The van der Waals surface area contributed by atoms with E-state index >= 15 is 0 Å². The van der Waals surface area contributed by atoms with E-state index < -0.39 is 18.5 Å². The fourth-order valence-corrected chi connectivity index (χ4v) is 3.23. The Hall–Kier alpha value is -2.41. The lowest BCUT2D eigenvalue weighted by Crippen LogP contribution is -2.38. The molecule has 0 radical (unpaired) electrons. The molecule has 0 spiro atoms. The Labute approximate surface area is 144 Å². The van der Waals surface area contributed by atoms with Crippen LogP contribution in [0.15, 0.2) is 24.3 Å².